The van der Waals surface area contributed by atoms with E-state index in [-0.39, 0.29) is 12.4 Å². The van der Waals surface area contributed by atoms with Crippen molar-refractivity contribution in [3.8, 4) is 0 Å². The highest BCUT2D eigenvalue weighted by molar-refractivity contribution is 7.89. The molecule has 66 valence electrons. The predicted octanol–water partition coefficient (Wildman–Crippen LogP) is 0.900. The number of halogens is 1. The van der Waals surface area contributed by atoms with Gasteiger partial charge in [-0.3, -0.25) is 0 Å². The summed E-state index contributed by atoms with van der Waals surface area (Å²) in [5.41, 5.74) is 0.854. The number of fused-ring (bicyclic) bond motifs is 1. The summed E-state index contributed by atoms with van der Waals surface area (Å²) in [5, 5.41) is 0. The van der Waals surface area contributed by atoms with Gasteiger partial charge in [-0.25, -0.2) is 13.1 Å². The van der Waals surface area contributed by atoms with Gasteiger partial charge in [-0.1, -0.05) is 18.2 Å². The van der Waals surface area contributed by atoms with Crippen LogP contribution in [0.3, 0.4) is 0 Å². The van der Waals surface area contributed by atoms with Gasteiger partial charge in [0.15, 0.2) is 0 Å². The molecule has 1 aromatic rings. The van der Waals surface area contributed by atoms with Crippen molar-refractivity contribution in [2.45, 2.75) is 11.4 Å². The Bertz CT molecular complexity index is 388. The van der Waals surface area contributed by atoms with Gasteiger partial charge in [-0.15, -0.1) is 12.4 Å². The molecule has 2 rings (SSSR count). The van der Waals surface area contributed by atoms with Crippen molar-refractivity contribution in [1.82, 2.24) is 4.72 Å². The average Bonchev–Trinajstić information content (AvgIpc) is 2.29. The van der Waals surface area contributed by atoms with E-state index in [4.69, 9.17) is 0 Å². The molecule has 0 unspecified atom stereocenters. The number of hydrogen-bond acceptors (Lipinski definition) is 2. The van der Waals surface area contributed by atoms with Crippen LogP contribution in [0.1, 0.15) is 5.56 Å². The molecule has 0 bridgehead atoms. The third kappa shape index (κ3) is 1.33. The Morgan fingerprint density at radius 1 is 1.25 bits per heavy atom. The first-order valence-corrected chi connectivity index (χ1v) is 4.76. The summed E-state index contributed by atoms with van der Waals surface area (Å²) >= 11 is 0. The Labute approximate surface area is 77.3 Å². The van der Waals surface area contributed by atoms with Crippen LogP contribution in [0.25, 0.3) is 0 Å². The van der Waals surface area contributed by atoms with Gasteiger partial charge < -0.3 is 0 Å². The zero-order valence-electron chi connectivity index (χ0n) is 6.15. The third-order valence-electron chi connectivity index (χ3n) is 1.71. The molecule has 1 aliphatic rings. The summed E-state index contributed by atoms with van der Waals surface area (Å²) < 4.78 is 24.7. The van der Waals surface area contributed by atoms with E-state index in [1.165, 1.54) is 0 Å². The van der Waals surface area contributed by atoms with Gasteiger partial charge in [0, 0.05) is 6.54 Å². The molecule has 0 saturated heterocycles. The van der Waals surface area contributed by atoms with Crippen LogP contribution in [-0.4, -0.2) is 8.42 Å². The molecule has 0 saturated carbocycles. The van der Waals surface area contributed by atoms with E-state index in [1.807, 2.05) is 12.1 Å². The lowest BCUT2D eigenvalue weighted by atomic mass is 10.2. The SMILES string of the molecule is Cl.O=S1(=O)NCc2ccccc21. The van der Waals surface area contributed by atoms with E-state index < -0.39 is 10.0 Å². The molecule has 1 heterocycles. The molecule has 5 heteroatoms. The van der Waals surface area contributed by atoms with Crippen LogP contribution < -0.4 is 4.72 Å². The Kier molecular flexibility index (Phi) is 2.41. The van der Waals surface area contributed by atoms with Gasteiger partial charge in [-0.2, -0.15) is 0 Å². The Morgan fingerprint density at radius 3 is 2.58 bits per heavy atom. The molecule has 1 aliphatic heterocycles. The number of rotatable bonds is 0. The lowest BCUT2D eigenvalue weighted by Gasteiger charge is -1.92. The summed E-state index contributed by atoms with van der Waals surface area (Å²) in [7, 11) is -3.16. The Balaban J connectivity index is 0.000000720. The molecule has 0 amide bonds. The van der Waals surface area contributed by atoms with E-state index in [0.717, 1.165) is 5.56 Å². The average molecular weight is 206 g/mol. The van der Waals surface area contributed by atoms with Crippen molar-refractivity contribution in [2.24, 2.45) is 0 Å². The first-order chi connectivity index (χ1) is 5.20. The van der Waals surface area contributed by atoms with Crippen LogP contribution >= 0.6 is 12.4 Å². The molecule has 0 fully saturated rings. The molecule has 0 aromatic heterocycles. The van der Waals surface area contributed by atoms with Gasteiger partial charge in [0.25, 0.3) is 0 Å². The maximum absolute atomic E-state index is 11.1. The van der Waals surface area contributed by atoms with E-state index in [0.29, 0.717) is 11.4 Å². The van der Waals surface area contributed by atoms with Crippen molar-refractivity contribution >= 4 is 22.4 Å². The first kappa shape index (κ1) is 9.51. The normalized spacial score (nSPS) is 18.0. The molecule has 0 spiro atoms. The fourth-order valence-corrected chi connectivity index (χ4v) is 2.41. The largest absolute Gasteiger partial charge is 0.241 e. The van der Waals surface area contributed by atoms with E-state index in [9.17, 15) is 8.42 Å². The molecule has 3 nitrogen and oxygen atoms in total. The second-order valence-electron chi connectivity index (χ2n) is 2.43. The van der Waals surface area contributed by atoms with Crippen molar-refractivity contribution in [2.75, 3.05) is 0 Å². The fourth-order valence-electron chi connectivity index (χ4n) is 1.16. The molecular weight excluding hydrogens is 198 g/mol. The summed E-state index contributed by atoms with van der Waals surface area (Å²) in [6, 6.07) is 6.99. The Hall–Kier alpha value is -0.580. The highest BCUT2D eigenvalue weighted by Gasteiger charge is 2.23. The van der Waals surface area contributed by atoms with Crippen LogP contribution in [0.4, 0.5) is 0 Å². The van der Waals surface area contributed by atoms with Crippen LogP contribution in [0.15, 0.2) is 29.2 Å². The molecule has 0 radical (unpaired) electrons. The van der Waals surface area contributed by atoms with Crippen LogP contribution in [0.2, 0.25) is 0 Å². The number of hydrogen-bond donors (Lipinski definition) is 1. The van der Waals surface area contributed by atoms with Crippen LogP contribution in [-0.2, 0) is 16.6 Å². The second-order valence-corrected chi connectivity index (χ2v) is 4.17. The molecule has 0 aliphatic carbocycles. The Morgan fingerprint density at radius 2 is 1.92 bits per heavy atom. The molecule has 1 aromatic carbocycles. The third-order valence-corrected chi connectivity index (χ3v) is 3.22. The predicted molar refractivity (Wildman–Crippen MR) is 47.7 cm³/mol. The van der Waals surface area contributed by atoms with Crippen molar-refractivity contribution in [3.63, 3.8) is 0 Å². The van der Waals surface area contributed by atoms with E-state index in [1.54, 1.807) is 12.1 Å². The smallest absolute Gasteiger partial charge is 0.207 e. The number of benzene rings is 1. The lowest BCUT2D eigenvalue weighted by Crippen LogP contribution is -2.13. The maximum Gasteiger partial charge on any atom is 0.241 e. The summed E-state index contributed by atoms with van der Waals surface area (Å²) in [6.45, 7) is 0.429. The molecule has 1 N–H and O–H groups in total. The van der Waals surface area contributed by atoms with Gasteiger partial charge in [0.05, 0.1) is 4.90 Å². The number of nitrogens with one attached hydrogen (secondary N) is 1. The summed E-state index contributed by atoms with van der Waals surface area (Å²) in [5.74, 6) is 0. The van der Waals surface area contributed by atoms with E-state index in [2.05, 4.69) is 4.72 Å². The van der Waals surface area contributed by atoms with E-state index >= 15 is 0 Å². The van der Waals surface area contributed by atoms with Crippen LogP contribution in [0, 0.1) is 0 Å². The molecule has 12 heavy (non-hydrogen) atoms. The summed E-state index contributed by atoms with van der Waals surface area (Å²) in [4.78, 5) is 0.417. The van der Waals surface area contributed by atoms with Gasteiger partial charge in [0.2, 0.25) is 10.0 Å². The summed E-state index contributed by atoms with van der Waals surface area (Å²) in [6.07, 6.45) is 0. The van der Waals surface area contributed by atoms with Crippen molar-refractivity contribution in [1.29, 1.82) is 0 Å². The zero-order chi connectivity index (χ0) is 7.90. The molecular formula is C7H8ClNO2S. The van der Waals surface area contributed by atoms with Gasteiger partial charge in [0.1, 0.15) is 0 Å². The van der Waals surface area contributed by atoms with Gasteiger partial charge >= 0.3 is 0 Å². The topological polar surface area (TPSA) is 46.2 Å². The fraction of sp³-hybridized carbons (Fsp3) is 0.143. The van der Waals surface area contributed by atoms with Gasteiger partial charge in [-0.05, 0) is 11.6 Å². The molecule has 0 atom stereocenters. The zero-order valence-corrected chi connectivity index (χ0v) is 7.78. The second kappa shape index (κ2) is 3.05. The lowest BCUT2D eigenvalue weighted by molar-refractivity contribution is 0.589. The highest BCUT2D eigenvalue weighted by Crippen LogP contribution is 2.20. The quantitative estimate of drug-likeness (QED) is 0.684. The number of sulfonamides is 1. The minimum absolute atomic E-state index is 0. The minimum atomic E-state index is -3.16. The van der Waals surface area contributed by atoms with Crippen molar-refractivity contribution in [3.05, 3.63) is 29.8 Å². The first-order valence-electron chi connectivity index (χ1n) is 3.28. The van der Waals surface area contributed by atoms with Crippen molar-refractivity contribution < 1.29 is 8.42 Å². The highest BCUT2D eigenvalue weighted by atomic mass is 35.5. The minimum Gasteiger partial charge on any atom is -0.207 e. The monoisotopic (exact) mass is 205 g/mol. The standard InChI is InChI=1S/C7H7NO2S.ClH/c9-11(10)7-4-2-1-3-6(7)5-8-11;/h1-4,8H,5H2;1H. The maximum atomic E-state index is 11.1. The van der Waals surface area contributed by atoms with Crippen LogP contribution in [0.5, 0.6) is 0 Å².